The van der Waals surface area contributed by atoms with E-state index in [0.29, 0.717) is 23.3 Å². The number of rotatable bonds is 9. The van der Waals surface area contributed by atoms with Gasteiger partial charge in [0.25, 0.3) is 0 Å². The van der Waals surface area contributed by atoms with Crippen molar-refractivity contribution in [2.75, 3.05) is 26.2 Å². The fourth-order valence-electron chi connectivity index (χ4n) is 3.42. The lowest BCUT2D eigenvalue weighted by Gasteiger charge is -2.23. The van der Waals surface area contributed by atoms with Crippen molar-refractivity contribution in [3.63, 3.8) is 0 Å². The summed E-state index contributed by atoms with van der Waals surface area (Å²) in [6.07, 6.45) is 2.45. The Kier molecular flexibility index (Phi) is 8.28. The van der Waals surface area contributed by atoms with Crippen LogP contribution in [0.1, 0.15) is 30.9 Å². The van der Waals surface area contributed by atoms with Crippen molar-refractivity contribution in [1.29, 1.82) is 0 Å². The number of piperidine rings is 1. The third kappa shape index (κ3) is 6.02. The Morgan fingerprint density at radius 1 is 1.07 bits per heavy atom. The first-order valence-electron chi connectivity index (χ1n) is 9.90. The third-order valence-electron chi connectivity index (χ3n) is 4.95. The molecular weight excluding hydrogens is 395 g/mol. The highest BCUT2D eigenvalue weighted by atomic mass is 35.5. The standard InChI is InChI=1S/C22H28Cl2N2O2/c1-2-27-21-5-3-4-17(14-26-13-16-8-10-25-11-9-16)22(21)28-15-18-6-7-19(23)12-20(18)24/h3-7,12,16,25-26H,2,8-11,13-15H2,1H3. The zero-order valence-corrected chi connectivity index (χ0v) is 17.8. The molecule has 0 spiro atoms. The Morgan fingerprint density at radius 3 is 2.64 bits per heavy atom. The smallest absolute Gasteiger partial charge is 0.166 e. The summed E-state index contributed by atoms with van der Waals surface area (Å²) >= 11 is 12.3. The van der Waals surface area contributed by atoms with Crippen LogP contribution in [-0.2, 0) is 13.2 Å². The number of hydrogen-bond donors (Lipinski definition) is 2. The van der Waals surface area contributed by atoms with E-state index >= 15 is 0 Å². The fourth-order valence-corrected chi connectivity index (χ4v) is 3.88. The normalized spacial score (nSPS) is 14.8. The van der Waals surface area contributed by atoms with Gasteiger partial charge in [-0.3, -0.25) is 0 Å². The van der Waals surface area contributed by atoms with Gasteiger partial charge in [0.05, 0.1) is 6.61 Å². The minimum absolute atomic E-state index is 0.362. The van der Waals surface area contributed by atoms with Gasteiger partial charge in [0.15, 0.2) is 11.5 Å². The molecule has 2 N–H and O–H groups in total. The van der Waals surface area contributed by atoms with Crippen LogP contribution >= 0.6 is 23.2 Å². The highest BCUT2D eigenvalue weighted by molar-refractivity contribution is 6.35. The highest BCUT2D eigenvalue weighted by Gasteiger charge is 2.15. The van der Waals surface area contributed by atoms with E-state index in [9.17, 15) is 0 Å². The molecule has 152 valence electrons. The van der Waals surface area contributed by atoms with Crippen molar-refractivity contribution in [2.45, 2.75) is 32.9 Å². The van der Waals surface area contributed by atoms with Gasteiger partial charge in [-0.15, -0.1) is 0 Å². The molecule has 0 amide bonds. The van der Waals surface area contributed by atoms with Gasteiger partial charge < -0.3 is 20.1 Å². The van der Waals surface area contributed by atoms with Gasteiger partial charge in [-0.05, 0) is 63.5 Å². The molecule has 0 bridgehead atoms. The molecule has 0 saturated carbocycles. The van der Waals surface area contributed by atoms with Gasteiger partial charge in [-0.1, -0.05) is 41.4 Å². The van der Waals surface area contributed by atoms with Crippen LogP contribution in [-0.4, -0.2) is 26.2 Å². The van der Waals surface area contributed by atoms with Crippen LogP contribution in [0.3, 0.4) is 0 Å². The molecule has 1 saturated heterocycles. The Bertz CT molecular complexity index is 764. The maximum Gasteiger partial charge on any atom is 0.166 e. The van der Waals surface area contributed by atoms with Gasteiger partial charge in [-0.2, -0.15) is 0 Å². The molecule has 0 aromatic heterocycles. The van der Waals surface area contributed by atoms with Crippen molar-refractivity contribution in [3.8, 4) is 11.5 Å². The van der Waals surface area contributed by atoms with Crippen LogP contribution in [0.4, 0.5) is 0 Å². The predicted octanol–water partition coefficient (Wildman–Crippen LogP) is 5.06. The highest BCUT2D eigenvalue weighted by Crippen LogP contribution is 2.33. The number of para-hydroxylation sites is 1. The molecule has 3 rings (SSSR count). The molecule has 6 heteroatoms. The van der Waals surface area contributed by atoms with E-state index in [1.54, 1.807) is 6.07 Å². The Labute approximate surface area is 177 Å². The summed E-state index contributed by atoms with van der Waals surface area (Å²) < 4.78 is 12.0. The minimum atomic E-state index is 0.362. The van der Waals surface area contributed by atoms with Gasteiger partial charge in [-0.25, -0.2) is 0 Å². The molecule has 1 aliphatic heterocycles. The molecular formula is C22H28Cl2N2O2. The lowest BCUT2D eigenvalue weighted by atomic mass is 9.98. The average Bonchev–Trinajstić information content (AvgIpc) is 2.70. The molecule has 1 fully saturated rings. The fraction of sp³-hybridized carbons (Fsp3) is 0.455. The molecule has 4 nitrogen and oxygen atoms in total. The van der Waals surface area contributed by atoms with Crippen molar-refractivity contribution in [3.05, 3.63) is 57.6 Å². The van der Waals surface area contributed by atoms with E-state index in [1.807, 2.05) is 31.2 Å². The number of benzene rings is 2. The Hall–Kier alpha value is -1.46. The second kappa shape index (κ2) is 10.9. The minimum Gasteiger partial charge on any atom is -0.490 e. The summed E-state index contributed by atoms with van der Waals surface area (Å²) in [5.41, 5.74) is 1.98. The maximum atomic E-state index is 6.29. The summed E-state index contributed by atoms with van der Waals surface area (Å²) in [6.45, 7) is 6.91. The summed E-state index contributed by atoms with van der Waals surface area (Å²) in [5, 5.41) is 8.22. The first-order chi connectivity index (χ1) is 13.7. The van der Waals surface area contributed by atoms with Crippen LogP contribution in [0, 0.1) is 5.92 Å². The van der Waals surface area contributed by atoms with E-state index in [0.717, 1.165) is 54.7 Å². The van der Waals surface area contributed by atoms with Crippen LogP contribution in [0.2, 0.25) is 10.0 Å². The van der Waals surface area contributed by atoms with Crippen LogP contribution in [0.15, 0.2) is 36.4 Å². The second-order valence-electron chi connectivity index (χ2n) is 7.03. The zero-order valence-electron chi connectivity index (χ0n) is 16.3. The molecule has 1 heterocycles. The second-order valence-corrected chi connectivity index (χ2v) is 7.87. The maximum absolute atomic E-state index is 6.29. The number of nitrogens with one attached hydrogen (secondary N) is 2. The Balaban J connectivity index is 1.67. The molecule has 2 aromatic rings. The molecule has 0 aliphatic carbocycles. The van der Waals surface area contributed by atoms with E-state index in [-0.39, 0.29) is 0 Å². The molecule has 28 heavy (non-hydrogen) atoms. The van der Waals surface area contributed by atoms with Crippen molar-refractivity contribution >= 4 is 23.2 Å². The molecule has 0 unspecified atom stereocenters. The van der Waals surface area contributed by atoms with E-state index in [1.165, 1.54) is 12.8 Å². The quantitative estimate of drug-likeness (QED) is 0.592. The third-order valence-corrected chi connectivity index (χ3v) is 5.54. The predicted molar refractivity (Wildman–Crippen MR) is 116 cm³/mol. The van der Waals surface area contributed by atoms with Gasteiger partial charge in [0, 0.05) is 27.7 Å². The Morgan fingerprint density at radius 2 is 1.89 bits per heavy atom. The lowest BCUT2D eigenvalue weighted by Crippen LogP contribution is -2.33. The number of hydrogen-bond acceptors (Lipinski definition) is 4. The van der Waals surface area contributed by atoms with Crippen LogP contribution in [0.5, 0.6) is 11.5 Å². The van der Waals surface area contributed by atoms with Gasteiger partial charge in [0.2, 0.25) is 0 Å². The van der Waals surface area contributed by atoms with Crippen LogP contribution in [0.25, 0.3) is 0 Å². The van der Waals surface area contributed by atoms with Gasteiger partial charge >= 0.3 is 0 Å². The summed E-state index contributed by atoms with van der Waals surface area (Å²) in [4.78, 5) is 0. The SMILES string of the molecule is CCOc1cccc(CNCC2CCNCC2)c1OCc1ccc(Cl)cc1Cl. The van der Waals surface area contributed by atoms with E-state index < -0.39 is 0 Å². The lowest BCUT2D eigenvalue weighted by molar-refractivity contribution is 0.265. The average molecular weight is 423 g/mol. The number of halogens is 2. The van der Waals surface area contributed by atoms with Gasteiger partial charge in [0.1, 0.15) is 6.61 Å². The summed E-state index contributed by atoms with van der Waals surface area (Å²) in [5.74, 6) is 2.26. The van der Waals surface area contributed by atoms with Crippen molar-refractivity contribution < 1.29 is 9.47 Å². The molecule has 0 atom stereocenters. The van der Waals surface area contributed by atoms with Crippen molar-refractivity contribution in [1.82, 2.24) is 10.6 Å². The monoisotopic (exact) mass is 422 g/mol. The number of ether oxygens (including phenoxy) is 2. The first-order valence-corrected chi connectivity index (χ1v) is 10.7. The molecule has 2 aromatic carbocycles. The van der Waals surface area contributed by atoms with Crippen molar-refractivity contribution in [2.24, 2.45) is 5.92 Å². The topological polar surface area (TPSA) is 42.5 Å². The molecule has 0 radical (unpaired) electrons. The van der Waals surface area contributed by atoms with Crippen LogP contribution < -0.4 is 20.1 Å². The summed E-state index contributed by atoms with van der Waals surface area (Å²) in [7, 11) is 0. The van der Waals surface area contributed by atoms with E-state index in [2.05, 4.69) is 16.7 Å². The first kappa shape index (κ1) is 21.3. The van der Waals surface area contributed by atoms with E-state index in [4.69, 9.17) is 32.7 Å². The summed E-state index contributed by atoms with van der Waals surface area (Å²) in [6, 6.07) is 11.5. The largest absolute Gasteiger partial charge is 0.490 e. The zero-order chi connectivity index (χ0) is 19.8. The molecule has 1 aliphatic rings.